The first-order valence-electron chi connectivity index (χ1n) is 4.94. The molecule has 0 saturated heterocycles. The van der Waals surface area contributed by atoms with Crippen molar-refractivity contribution in [3.63, 3.8) is 0 Å². The second-order valence-corrected chi connectivity index (χ2v) is 4.51. The molecule has 0 bridgehead atoms. The summed E-state index contributed by atoms with van der Waals surface area (Å²) in [6, 6.07) is 4.05. The van der Waals surface area contributed by atoms with Crippen LogP contribution in [0, 0.1) is 20.8 Å². The van der Waals surface area contributed by atoms with Gasteiger partial charge in [-0.25, -0.2) is 0 Å². The maximum absolute atomic E-state index is 11.4. The quantitative estimate of drug-likeness (QED) is 0.770. The van der Waals surface area contributed by atoms with Crippen molar-refractivity contribution in [3.05, 3.63) is 28.8 Å². The van der Waals surface area contributed by atoms with Crippen molar-refractivity contribution in [2.75, 3.05) is 5.32 Å². The van der Waals surface area contributed by atoms with E-state index in [1.54, 1.807) is 6.92 Å². The molecule has 1 amide bonds. The number of alkyl halides is 1. The fourth-order valence-corrected chi connectivity index (χ4v) is 1.46. The Hall–Kier alpha value is -1.02. The zero-order valence-corrected chi connectivity index (χ0v) is 10.3. The van der Waals surface area contributed by atoms with Crippen LogP contribution in [0.2, 0.25) is 0 Å². The van der Waals surface area contributed by atoms with Gasteiger partial charge in [-0.05, 0) is 50.5 Å². The van der Waals surface area contributed by atoms with Crippen LogP contribution in [0.5, 0.6) is 0 Å². The van der Waals surface area contributed by atoms with E-state index >= 15 is 0 Å². The Balaban J connectivity index is 2.99. The van der Waals surface area contributed by atoms with Gasteiger partial charge in [0.05, 0.1) is 0 Å². The molecule has 1 aromatic carbocycles. The van der Waals surface area contributed by atoms with Crippen LogP contribution in [-0.4, -0.2) is 11.3 Å². The lowest BCUT2D eigenvalue weighted by Gasteiger charge is -2.12. The summed E-state index contributed by atoms with van der Waals surface area (Å²) in [5.41, 5.74) is 4.25. The Morgan fingerprint density at radius 1 is 1.33 bits per heavy atom. The summed E-state index contributed by atoms with van der Waals surface area (Å²) in [6.07, 6.45) is 0. The summed E-state index contributed by atoms with van der Waals surface area (Å²) >= 11 is 5.70. The van der Waals surface area contributed by atoms with E-state index < -0.39 is 5.38 Å². The number of anilines is 1. The highest BCUT2D eigenvalue weighted by Crippen LogP contribution is 2.21. The van der Waals surface area contributed by atoms with Gasteiger partial charge < -0.3 is 5.32 Å². The van der Waals surface area contributed by atoms with Gasteiger partial charge in [0.25, 0.3) is 0 Å². The number of hydrogen-bond acceptors (Lipinski definition) is 1. The Bertz CT molecular complexity index is 385. The third-order valence-electron chi connectivity index (χ3n) is 2.43. The zero-order chi connectivity index (χ0) is 11.6. The maximum atomic E-state index is 11.4. The van der Waals surface area contributed by atoms with Crippen molar-refractivity contribution in [3.8, 4) is 0 Å². The normalized spacial score (nSPS) is 12.3. The number of halogens is 1. The highest BCUT2D eigenvalue weighted by molar-refractivity contribution is 6.32. The van der Waals surface area contributed by atoms with E-state index in [2.05, 4.69) is 11.4 Å². The van der Waals surface area contributed by atoms with Crippen molar-refractivity contribution >= 4 is 23.2 Å². The Kier molecular flexibility index (Phi) is 3.75. The van der Waals surface area contributed by atoms with Crippen LogP contribution >= 0.6 is 11.6 Å². The molecular formula is C12H16ClNO. The number of carbonyl (C=O) groups is 1. The van der Waals surface area contributed by atoms with Crippen LogP contribution in [0.1, 0.15) is 23.6 Å². The molecular weight excluding hydrogens is 210 g/mol. The van der Waals surface area contributed by atoms with Gasteiger partial charge in [-0.2, -0.15) is 0 Å². The van der Waals surface area contributed by atoms with E-state index in [4.69, 9.17) is 11.6 Å². The lowest BCUT2D eigenvalue weighted by atomic mass is 10.0. The Morgan fingerprint density at radius 3 is 2.47 bits per heavy atom. The SMILES string of the molecule is Cc1cc(C)c(C)c(NC(=O)C(C)Cl)c1. The average Bonchev–Trinajstić information content (AvgIpc) is 2.13. The Labute approximate surface area is 95.6 Å². The molecule has 0 fully saturated rings. The van der Waals surface area contributed by atoms with Crippen LogP contribution in [0.3, 0.4) is 0 Å². The smallest absolute Gasteiger partial charge is 0.242 e. The topological polar surface area (TPSA) is 29.1 Å². The second kappa shape index (κ2) is 4.67. The third kappa shape index (κ3) is 2.96. The van der Waals surface area contributed by atoms with Crippen molar-refractivity contribution < 1.29 is 4.79 Å². The minimum atomic E-state index is -0.509. The predicted octanol–water partition coefficient (Wildman–Crippen LogP) is 3.18. The maximum Gasteiger partial charge on any atom is 0.242 e. The molecule has 0 aliphatic heterocycles. The average molecular weight is 226 g/mol. The van der Waals surface area contributed by atoms with Gasteiger partial charge in [0.1, 0.15) is 5.38 Å². The molecule has 0 spiro atoms. The second-order valence-electron chi connectivity index (χ2n) is 3.86. The van der Waals surface area contributed by atoms with Crippen LogP contribution in [0.4, 0.5) is 5.69 Å². The molecule has 1 unspecified atom stereocenters. The Morgan fingerprint density at radius 2 is 1.93 bits per heavy atom. The zero-order valence-electron chi connectivity index (χ0n) is 9.52. The monoisotopic (exact) mass is 225 g/mol. The fourth-order valence-electron chi connectivity index (χ4n) is 1.40. The summed E-state index contributed by atoms with van der Waals surface area (Å²) in [6.45, 7) is 7.69. The summed E-state index contributed by atoms with van der Waals surface area (Å²) in [4.78, 5) is 11.4. The highest BCUT2D eigenvalue weighted by Gasteiger charge is 2.11. The van der Waals surface area contributed by atoms with Gasteiger partial charge in [-0.15, -0.1) is 11.6 Å². The van der Waals surface area contributed by atoms with Gasteiger partial charge in [-0.3, -0.25) is 4.79 Å². The van der Waals surface area contributed by atoms with Gasteiger partial charge in [0, 0.05) is 5.69 Å². The number of amides is 1. The van der Waals surface area contributed by atoms with Gasteiger partial charge in [0.15, 0.2) is 0 Å². The largest absolute Gasteiger partial charge is 0.325 e. The van der Waals surface area contributed by atoms with E-state index in [0.29, 0.717) is 0 Å². The molecule has 1 aromatic rings. The molecule has 3 heteroatoms. The first-order chi connectivity index (χ1) is 6.91. The van der Waals surface area contributed by atoms with Crippen LogP contribution in [-0.2, 0) is 4.79 Å². The molecule has 15 heavy (non-hydrogen) atoms. The van der Waals surface area contributed by atoms with Crippen LogP contribution < -0.4 is 5.32 Å². The van der Waals surface area contributed by atoms with Gasteiger partial charge in [0.2, 0.25) is 5.91 Å². The third-order valence-corrected chi connectivity index (χ3v) is 2.63. The van der Waals surface area contributed by atoms with Crippen LogP contribution in [0.25, 0.3) is 0 Å². The van der Waals surface area contributed by atoms with E-state index in [-0.39, 0.29) is 5.91 Å². The summed E-state index contributed by atoms with van der Waals surface area (Å²) in [5.74, 6) is -0.162. The molecule has 0 aromatic heterocycles. The number of benzene rings is 1. The first kappa shape index (κ1) is 12.1. The van der Waals surface area contributed by atoms with Gasteiger partial charge in [-0.1, -0.05) is 6.07 Å². The molecule has 0 saturated carbocycles. The van der Waals surface area contributed by atoms with Crippen molar-refractivity contribution in [2.24, 2.45) is 0 Å². The van der Waals surface area contributed by atoms with Crippen molar-refractivity contribution in [1.82, 2.24) is 0 Å². The van der Waals surface area contributed by atoms with E-state index in [9.17, 15) is 4.79 Å². The van der Waals surface area contributed by atoms with E-state index in [1.807, 2.05) is 26.8 Å². The minimum Gasteiger partial charge on any atom is -0.325 e. The van der Waals surface area contributed by atoms with Crippen LogP contribution in [0.15, 0.2) is 12.1 Å². The van der Waals surface area contributed by atoms with Crippen molar-refractivity contribution in [2.45, 2.75) is 33.1 Å². The lowest BCUT2D eigenvalue weighted by Crippen LogP contribution is -2.21. The molecule has 1 N–H and O–H groups in total. The molecule has 1 rings (SSSR count). The number of hydrogen-bond donors (Lipinski definition) is 1. The lowest BCUT2D eigenvalue weighted by molar-refractivity contribution is -0.115. The fraction of sp³-hybridized carbons (Fsp3) is 0.417. The predicted molar refractivity (Wildman–Crippen MR) is 64.6 cm³/mol. The highest BCUT2D eigenvalue weighted by atomic mass is 35.5. The first-order valence-corrected chi connectivity index (χ1v) is 5.38. The van der Waals surface area contributed by atoms with Gasteiger partial charge >= 0.3 is 0 Å². The van der Waals surface area contributed by atoms with Crippen molar-refractivity contribution in [1.29, 1.82) is 0 Å². The number of rotatable bonds is 2. The standard InChI is InChI=1S/C12H16ClNO/c1-7-5-8(2)9(3)11(6-7)14-12(15)10(4)13/h5-6,10H,1-4H3,(H,14,15). The molecule has 82 valence electrons. The molecule has 0 aliphatic carbocycles. The molecule has 0 heterocycles. The van der Waals surface area contributed by atoms with E-state index in [0.717, 1.165) is 16.8 Å². The number of aryl methyl sites for hydroxylation is 2. The summed E-state index contributed by atoms with van der Waals surface area (Å²) in [5, 5.41) is 2.31. The molecule has 0 radical (unpaired) electrons. The summed E-state index contributed by atoms with van der Waals surface area (Å²) < 4.78 is 0. The minimum absolute atomic E-state index is 0.162. The molecule has 2 nitrogen and oxygen atoms in total. The number of nitrogens with one attached hydrogen (secondary N) is 1. The molecule has 0 aliphatic rings. The molecule has 1 atom stereocenters. The number of carbonyl (C=O) groups excluding carboxylic acids is 1. The van der Waals surface area contributed by atoms with E-state index in [1.165, 1.54) is 5.56 Å². The summed E-state index contributed by atoms with van der Waals surface area (Å²) in [7, 11) is 0.